The molecule has 0 spiro atoms. The van der Waals surface area contributed by atoms with Gasteiger partial charge in [0.1, 0.15) is 23.9 Å². The number of piperazine rings is 1. The van der Waals surface area contributed by atoms with E-state index in [2.05, 4.69) is 17.0 Å². The molecule has 3 aromatic rings. The molecule has 1 atom stereocenters. The van der Waals surface area contributed by atoms with E-state index >= 15 is 0 Å². The quantitative estimate of drug-likeness (QED) is 0.567. The molecule has 168 valence electrons. The monoisotopic (exact) mass is 437 g/mol. The van der Waals surface area contributed by atoms with Gasteiger partial charge in [-0.15, -0.1) is 0 Å². The van der Waals surface area contributed by atoms with Crippen LogP contribution in [0.15, 0.2) is 53.1 Å². The van der Waals surface area contributed by atoms with Crippen molar-refractivity contribution in [3.8, 4) is 5.75 Å². The summed E-state index contributed by atoms with van der Waals surface area (Å²) in [4.78, 5) is 17.4. The third-order valence-electron chi connectivity index (χ3n) is 6.15. The molecule has 0 saturated carbocycles. The van der Waals surface area contributed by atoms with E-state index in [0.717, 1.165) is 35.7 Å². The van der Waals surface area contributed by atoms with Crippen LogP contribution in [-0.2, 0) is 6.61 Å². The molecule has 1 aliphatic rings. The molecule has 1 fully saturated rings. The summed E-state index contributed by atoms with van der Waals surface area (Å²) in [6.07, 6.45) is 0. The Labute approximate surface area is 187 Å². The fourth-order valence-corrected chi connectivity index (χ4v) is 4.09. The summed E-state index contributed by atoms with van der Waals surface area (Å²) in [5.74, 6) is 0.997. The number of amides is 1. The Bertz CT molecular complexity index is 1070. The van der Waals surface area contributed by atoms with Crippen LogP contribution in [0.5, 0.6) is 5.75 Å². The van der Waals surface area contributed by atoms with E-state index in [1.165, 1.54) is 6.07 Å². The molecular formula is C25H28FN3O3. The van der Waals surface area contributed by atoms with Crippen molar-refractivity contribution in [3.63, 3.8) is 0 Å². The molecular weight excluding hydrogens is 409 g/mol. The highest BCUT2D eigenvalue weighted by atomic mass is 19.1. The van der Waals surface area contributed by atoms with E-state index < -0.39 is 0 Å². The normalized spacial score (nSPS) is 15.6. The number of halogens is 1. The molecule has 0 radical (unpaired) electrons. The van der Waals surface area contributed by atoms with E-state index in [1.807, 2.05) is 43.0 Å². The van der Waals surface area contributed by atoms with E-state index in [9.17, 15) is 9.18 Å². The van der Waals surface area contributed by atoms with Gasteiger partial charge in [0, 0.05) is 32.2 Å². The molecule has 4 rings (SSSR count). The van der Waals surface area contributed by atoms with Crippen molar-refractivity contribution >= 4 is 5.91 Å². The van der Waals surface area contributed by atoms with Crippen LogP contribution in [0, 0.1) is 19.7 Å². The van der Waals surface area contributed by atoms with Gasteiger partial charge in [-0.25, -0.2) is 4.39 Å². The number of benzene rings is 2. The zero-order valence-electron chi connectivity index (χ0n) is 18.7. The van der Waals surface area contributed by atoms with Crippen molar-refractivity contribution in [3.05, 3.63) is 82.5 Å². The van der Waals surface area contributed by atoms with Crippen LogP contribution in [-0.4, -0.2) is 47.0 Å². The maximum absolute atomic E-state index is 13.6. The predicted octanol–water partition coefficient (Wildman–Crippen LogP) is 4.53. The number of hydrogen-bond acceptors (Lipinski definition) is 5. The molecule has 1 aromatic heterocycles. The number of rotatable bonds is 6. The Kier molecular flexibility index (Phi) is 6.55. The fourth-order valence-electron chi connectivity index (χ4n) is 4.09. The standard InChI is InChI=1S/C25H28FN3O3/c1-17-23(19(3)32-27-17)16-31-24-10-5-4-9-22(24)25(30)29-13-11-28(12-14-29)18(2)20-7-6-8-21(26)15-20/h4-10,15,18H,11-14,16H2,1-3H3/t18-/m0/s1. The Hall–Kier alpha value is -3.19. The molecule has 0 unspecified atom stereocenters. The van der Waals surface area contributed by atoms with Crippen LogP contribution in [0.1, 0.15) is 45.9 Å². The van der Waals surface area contributed by atoms with Gasteiger partial charge < -0.3 is 14.2 Å². The number of nitrogens with zero attached hydrogens (tertiary/aromatic N) is 3. The van der Waals surface area contributed by atoms with Gasteiger partial charge in [0.25, 0.3) is 5.91 Å². The molecule has 32 heavy (non-hydrogen) atoms. The summed E-state index contributed by atoms with van der Waals surface area (Å²) in [7, 11) is 0. The average molecular weight is 438 g/mol. The smallest absolute Gasteiger partial charge is 0.257 e. The van der Waals surface area contributed by atoms with Crippen LogP contribution in [0.25, 0.3) is 0 Å². The molecule has 1 amide bonds. The number of carbonyl (C=O) groups is 1. The van der Waals surface area contributed by atoms with Gasteiger partial charge in [-0.05, 0) is 50.6 Å². The van der Waals surface area contributed by atoms with E-state index in [-0.39, 0.29) is 17.8 Å². The first-order chi connectivity index (χ1) is 15.4. The second-order valence-corrected chi connectivity index (χ2v) is 8.15. The lowest BCUT2D eigenvalue weighted by molar-refractivity contribution is 0.0577. The van der Waals surface area contributed by atoms with Gasteiger partial charge in [0.2, 0.25) is 0 Å². The largest absolute Gasteiger partial charge is 0.488 e. The number of aromatic nitrogens is 1. The maximum Gasteiger partial charge on any atom is 0.257 e. The number of hydrogen-bond donors (Lipinski definition) is 0. The van der Waals surface area contributed by atoms with Crippen LogP contribution in [0.2, 0.25) is 0 Å². The molecule has 1 saturated heterocycles. The van der Waals surface area contributed by atoms with Crippen molar-refractivity contribution in [2.45, 2.75) is 33.4 Å². The SMILES string of the molecule is Cc1noc(C)c1COc1ccccc1C(=O)N1CCN([C@@H](C)c2cccc(F)c2)CC1. The molecule has 0 aliphatic carbocycles. The summed E-state index contributed by atoms with van der Waals surface area (Å²) >= 11 is 0. The Morgan fingerprint density at radius 3 is 2.56 bits per heavy atom. The minimum Gasteiger partial charge on any atom is -0.488 e. The molecule has 2 aromatic carbocycles. The van der Waals surface area contributed by atoms with Gasteiger partial charge in [-0.1, -0.05) is 29.4 Å². The fraction of sp³-hybridized carbons (Fsp3) is 0.360. The minimum absolute atomic E-state index is 0.0441. The lowest BCUT2D eigenvalue weighted by Gasteiger charge is -2.38. The highest BCUT2D eigenvalue weighted by Gasteiger charge is 2.27. The Balaban J connectivity index is 1.40. The summed E-state index contributed by atoms with van der Waals surface area (Å²) in [5.41, 5.74) is 3.18. The first kappa shape index (κ1) is 22.0. The molecule has 1 aliphatic heterocycles. The summed E-state index contributed by atoms with van der Waals surface area (Å²) in [6, 6.07) is 14.1. The van der Waals surface area contributed by atoms with Crippen molar-refractivity contribution in [2.24, 2.45) is 0 Å². The van der Waals surface area contributed by atoms with E-state index in [1.54, 1.807) is 18.2 Å². The second kappa shape index (κ2) is 9.53. The van der Waals surface area contributed by atoms with E-state index in [0.29, 0.717) is 31.0 Å². The maximum atomic E-state index is 13.6. The number of para-hydroxylation sites is 1. The second-order valence-electron chi connectivity index (χ2n) is 8.15. The zero-order valence-corrected chi connectivity index (χ0v) is 18.7. The number of aryl methyl sites for hydroxylation is 2. The summed E-state index contributed by atoms with van der Waals surface area (Å²) in [5, 5.41) is 3.95. The molecule has 0 bridgehead atoms. The molecule has 7 heteroatoms. The average Bonchev–Trinajstić information content (AvgIpc) is 3.14. The van der Waals surface area contributed by atoms with Gasteiger partial charge in [0.15, 0.2) is 0 Å². The third-order valence-corrected chi connectivity index (χ3v) is 6.15. The Morgan fingerprint density at radius 2 is 1.88 bits per heavy atom. The van der Waals surface area contributed by atoms with Crippen molar-refractivity contribution in [1.82, 2.24) is 15.0 Å². The summed E-state index contributed by atoms with van der Waals surface area (Å²) < 4.78 is 24.8. The lowest BCUT2D eigenvalue weighted by Crippen LogP contribution is -2.49. The minimum atomic E-state index is -0.226. The van der Waals surface area contributed by atoms with Crippen LogP contribution < -0.4 is 4.74 Å². The van der Waals surface area contributed by atoms with Crippen molar-refractivity contribution < 1.29 is 18.4 Å². The molecule has 2 heterocycles. The van der Waals surface area contributed by atoms with E-state index in [4.69, 9.17) is 9.26 Å². The highest BCUT2D eigenvalue weighted by Crippen LogP contribution is 2.26. The first-order valence-electron chi connectivity index (χ1n) is 10.9. The molecule has 6 nitrogen and oxygen atoms in total. The third kappa shape index (κ3) is 4.67. The number of carbonyl (C=O) groups excluding carboxylic acids is 1. The van der Waals surface area contributed by atoms with Crippen molar-refractivity contribution in [1.29, 1.82) is 0 Å². The predicted molar refractivity (Wildman–Crippen MR) is 119 cm³/mol. The van der Waals surface area contributed by atoms with Gasteiger partial charge >= 0.3 is 0 Å². The van der Waals surface area contributed by atoms with Crippen LogP contribution >= 0.6 is 0 Å². The number of ether oxygens (including phenoxy) is 1. The van der Waals surface area contributed by atoms with Gasteiger partial charge in [-0.3, -0.25) is 9.69 Å². The van der Waals surface area contributed by atoms with Crippen molar-refractivity contribution in [2.75, 3.05) is 26.2 Å². The van der Waals surface area contributed by atoms with Crippen LogP contribution in [0.4, 0.5) is 4.39 Å². The highest BCUT2D eigenvalue weighted by molar-refractivity contribution is 5.97. The molecule has 0 N–H and O–H groups in total. The lowest BCUT2D eigenvalue weighted by atomic mass is 10.1. The first-order valence-corrected chi connectivity index (χ1v) is 10.9. The topological polar surface area (TPSA) is 58.8 Å². The summed E-state index contributed by atoms with van der Waals surface area (Å²) in [6.45, 7) is 8.76. The Morgan fingerprint density at radius 1 is 1.12 bits per heavy atom. The van der Waals surface area contributed by atoms with Crippen LogP contribution in [0.3, 0.4) is 0 Å². The van der Waals surface area contributed by atoms with Gasteiger partial charge in [0.05, 0.1) is 16.8 Å². The van der Waals surface area contributed by atoms with Gasteiger partial charge in [-0.2, -0.15) is 0 Å². The zero-order chi connectivity index (χ0) is 22.7.